The van der Waals surface area contributed by atoms with Gasteiger partial charge in [-0.15, -0.1) is 0 Å². The van der Waals surface area contributed by atoms with E-state index in [0.717, 1.165) is 55.9 Å². The number of ether oxygens (including phenoxy) is 3. The fourth-order valence-electron chi connectivity index (χ4n) is 6.65. The molecule has 1 aromatic carbocycles. The van der Waals surface area contributed by atoms with E-state index >= 15 is 0 Å². The van der Waals surface area contributed by atoms with Gasteiger partial charge in [-0.1, -0.05) is 0 Å². The van der Waals surface area contributed by atoms with Crippen molar-refractivity contribution in [2.75, 3.05) is 40.5 Å². The number of hydrogen-bond acceptors (Lipinski definition) is 5. The van der Waals surface area contributed by atoms with Gasteiger partial charge < -0.3 is 19.2 Å². The van der Waals surface area contributed by atoms with Crippen molar-refractivity contribution >= 4 is 16.9 Å². The molecule has 3 aliphatic heterocycles. The molecule has 30 heavy (non-hydrogen) atoms. The highest BCUT2D eigenvalue weighted by molar-refractivity contribution is 5.92. The molecule has 1 aromatic heterocycles. The number of piperidine rings is 2. The topological polar surface area (TPSA) is 63.8 Å². The van der Waals surface area contributed by atoms with Crippen molar-refractivity contribution in [3.05, 3.63) is 29.5 Å². The predicted molar refractivity (Wildman–Crippen MR) is 115 cm³/mol. The van der Waals surface area contributed by atoms with E-state index in [4.69, 9.17) is 14.2 Å². The molecule has 0 spiro atoms. The zero-order valence-electron chi connectivity index (χ0n) is 18.2. The van der Waals surface area contributed by atoms with Crippen LogP contribution < -0.4 is 4.74 Å². The summed E-state index contributed by atoms with van der Waals surface area (Å²) in [7, 11) is 3.46. The number of H-pyrrole nitrogens is 1. The van der Waals surface area contributed by atoms with E-state index < -0.39 is 5.41 Å². The standard InChI is InChI=1S/C24H32N2O4/c1-4-30-23(27)24-13-15-11-16(8-10-28-2)22(24)26(14-15)9-7-18-19-12-17(29-3)5-6-20(19)25-21(18)24/h5-6,12,15-16,22,25H,4,7-11,13-14H2,1-3H3. The number of nitrogens with one attached hydrogen (secondary N) is 1. The number of carbonyl (C=O) groups excluding carboxylic acids is 1. The average molecular weight is 413 g/mol. The molecule has 6 nitrogen and oxygen atoms in total. The van der Waals surface area contributed by atoms with Crippen molar-refractivity contribution in [2.45, 2.75) is 44.1 Å². The Morgan fingerprint density at radius 2 is 2.20 bits per heavy atom. The van der Waals surface area contributed by atoms with Gasteiger partial charge in [-0.25, -0.2) is 0 Å². The molecule has 2 aromatic rings. The maximum atomic E-state index is 13.7. The molecule has 4 bridgehead atoms. The van der Waals surface area contributed by atoms with Crippen LogP contribution in [0.1, 0.15) is 37.4 Å². The summed E-state index contributed by atoms with van der Waals surface area (Å²) in [6.45, 7) is 5.11. The number of aromatic nitrogens is 1. The largest absolute Gasteiger partial charge is 0.497 e. The van der Waals surface area contributed by atoms with Crippen LogP contribution in [0.3, 0.4) is 0 Å². The fraction of sp³-hybridized carbons (Fsp3) is 0.625. The van der Waals surface area contributed by atoms with E-state index in [2.05, 4.69) is 22.0 Å². The number of fused-ring (bicyclic) bond motifs is 4. The van der Waals surface area contributed by atoms with Crippen molar-refractivity contribution in [1.29, 1.82) is 0 Å². The smallest absolute Gasteiger partial charge is 0.319 e. The number of nitrogens with zero attached hydrogens (tertiary/aromatic N) is 1. The summed E-state index contributed by atoms with van der Waals surface area (Å²) in [6, 6.07) is 6.32. The van der Waals surface area contributed by atoms with Crippen molar-refractivity contribution in [2.24, 2.45) is 11.8 Å². The maximum Gasteiger partial charge on any atom is 0.319 e. The third-order valence-corrected chi connectivity index (χ3v) is 7.63. The first-order valence-electron chi connectivity index (χ1n) is 11.2. The number of carbonyl (C=O) groups is 1. The number of benzene rings is 1. The minimum Gasteiger partial charge on any atom is -0.497 e. The van der Waals surface area contributed by atoms with Gasteiger partial charge in [-0.3, -0.25) is 9.69 Å². The monoisotopic (exact) mass is 412 g/mol. The maximum absolute atomic E-state index is 13.7. The van der Waals surface area contributed by atoms with Gasteiger partial charge in [0.05, 0.1) is 13.7 Å². The second-order valence-corrected chi connectivity index (χ2v) is 9.12. The van der Waals surface area contributed by atoms with Gasteiger partial charge in [0.2, 0.25) is 0 Å². The van der Waals surface area contributed by atoms with Crippen LogP contribution >= 0.6 is 0 Å². The van der Waals surface area contributed by atoms with Gasteiger partial charge in [0, 0.05) is 49.4 Å². The summed E-state index contributed by atoms with van der Waals surface area (Å²) >= 11 is 0. The molecule has 1 N–H and O–H groups in total. The van der Waals surface area contributed by atoms with E-state index in [9.17, 15) is 4.79 Å². The third-order valence-electron chi connectivity index (χ3n) is 7.63. The molecule has 0 radical (unpaired) electrons. The van der Waals surface area contributed by atoms with Crippen LogP contribution in [0.15, 0.2) is 18.2 Å². The lowest BCUT2D eigenvalue weighted by atomic mass is 9.56. The Hall–Kier alpha value is -2.05. The van der Waals surface area contributed by atoms with Crippen molar-refractivity contribution in [1.82, 2.24) is 9.88 Å². The lowest BCUT2D eigenvalue weighted by Crippen LogP contribution is -2.67. The first-order chi connectivity index (χ1) is 14.6. The molecule has 6 rings (SSSR count). The van der Waals surface area contributed by atoms with Gasteiger partial charge >= 0.3 is 5.97 Å². The van der Waals surface area contributed by atoms with Crippen molar-refractivity contribution < 1.29 is 19.0 Å². The van der Waals surface area contributed by atoms with Gasteiger partial charge in [0.15, 0.2) is 0 Å². The molecule has 2 saturated heterocycles. The van der Waals surface area contributed by atoms with Crippen LogP contribution in [0, 0.1) is 11.8 Å². The van der Waals surface area contributed by atoms with Gasteiger partial charge in [0.1, 0.15) is 11.2 Å². The van der Waals surface area contributed by atoms with E-state index in [0.29, 0.717) is 18.4 Å². The van der Waals surface area contributed by atoms with Crippen LogP contribution in [0.5, 0.6) is 5.75 Å². The molecule has 0 amide bonds. The summed E-state index contributed by atoms with van der Waals surface area (Å²) in [4.78, 5) is 20.0. The SMILES string of the molecule is CCOC(=O)C12CC3CC(CCOC)C1N(CCc1c2[nH]c2ccc(OC)cc12)C3. The van der Waals surface area contributed by atoms with Crippen molar-refractivity contribution in [3.8, 4) is 5.75 Å². The van der Waals surface area contributed by atoms with Crippen LogP contribution in [0.25, 0.3) is 10.9 Å². The van der Waals surface area contributed by atoms with Gasteiger partial charge in [-0.05, 0) is 68.2 Å². The first kappa shape index (κ1) is 19.9. The molecule has 1 saturated carbocycles. The summed E-state index contributed by atoms with van der Waals surface area (Å²) < 4.78 is 16.7. The average Bonchev–Trinajstić information content (AvgIpc) is 3.09. The lowest BCUT2D eigenvalue weighted by Gasteiger charge is -2.58. The zero-order valence-corrected chi connectivity index (χ0v) is 18.2. The minimum absolute atomic E-state index is 0.0616. The second kappa shape index (κ2) is 7.57. The highest BCUT2D eigenvalue weighted by Gasteiger charge is 2.63. The summed E-state index contributed by atoms with van der Waals surface area (Å²) in [5.41, 5.74) is 2.79. The van der Waals surface area contributed by atoms with Crippen LogP contribution in [0.2, 0.25) is 0 Å². The lowest BCUT2D eigenvalue weighted by molar-refractivity contribution is -0.165. The van der Waals surface area contributed by atoms with Crippen molar-refractivity contribution in [3.63, 3.8) is 0 Å². The molecule has 162 valence electrons. The Balaban J connectivity index is 1.71. The van der Waals surface area contributed by atoms with Crippen LogP contribution in [-0.2, 0) is 26.1 Å². The molecule has 1 aliphatic carbocycles. The number of methoxy groups -OCH3 is 2. The number of rotatable bonds is 6. The third kappa shape index (κ3) is 2.80. The quantitative estimate of drug-likeness (QED) is 0.738. The van der Waals surface area contributed by atoms with Crippen LogP contribution in [-0.4, -0.2) is 62.4 Å². The van der Waals surface area contributed by atoms with E-state index in [1.54, 1.807) is 14.2 Å². The van der Waals surface area contributed by atoms with Gasteiger partial charge in [0.25, 0.3) is 0 Å². The number of esters is 1. The molecule has 4 aliphatic rings. The van der Waals surface area contributed by atoms with E-state index in [1.165, 1.54) is 17.4 Å². The van der Waals surface area contributed by atoms with Gasteiger partial charge in [-0.2, -0.15) is 0 Å². The normalized spacial score (nSPS) is 32.0. The van der Waals surface area contributed by atoms with E-state index in [1.807, 2.05) is 13.0 Å². The molecular formula is C24H32N2O4. The molecule has 5 atom stereocenters. The number of hydrogen-bond donors (Lipinski definition) is 1. The summed E-state index contributed by atoms with van der Waals surface area (Å²) in [5, 5.41) is 1.17. The first-order valence-corrected chi connectivity index (χ1v) is 11.2. The Bertz CT molecular complexity index is 954. The second-order valence-electron chi connectivity index (χ2n) is 9.12. The Kier molecular flexibility index (Phi) is 5.02. The molecule has 6 heteroatoms. The van der Waals surface area contributed by atoms with E-state index in [-0.39, 0.29) is 12.0 Å². The Labute approximate surface area is 177 Å². The minimum atomic E-state index is -0.631. The Morgan fingerprint density at radius 1 is 1.33 bits per heavy atom. The highest BCUT2D eigenvalue weighted by atomic mass is 16.5. The highest BCUT2D eigenvalue weighted by Crippen LogP contribution is 2.55. The zero-order chi connectivity index (χ0) is 20.9. The predicted octanol–water partition coefficient (Wildman–Crippen LogP) is 3.28. The summed E-state index contributed by atoms with van der Waals surface area (Å²) in [5.74, 6) is 1.73. The van der Waals surface area contributed by atoms with Crippen LogP contribution in [0.4, 0.5) is 0 Å². The molecule has 4 heterocycles. The number of aromatic amines is 1. The summed E-state index contributed by atoms with van der Waals surface area (Å²) in [6.07, 6.45) is 3.96. The molecular weight excluding hydrogens is 380 g/mol. The fourth-order valence-corrected chi connectivity index (χ4v) is 6.65. The molecule has 5 unspecified atom stereocenters. The molecule has 3 fully saturated rings. The Morgan fingerprint density at radius 3 is 2.97 bits per heavy atom.